The smallest absolute Gasteiger partial charge is 0.126 e. The van der Waals surface area contributed by atoms with Gasteiger partial charge in [-0.2, -0.15) is 0 Å². The molecule has 9 heavy (non-hydrogen) atoms. The summed E-state index contributed by atoms with van der Waals surface area (Å²) in [7, 11) is 0. The summed E-state index contributed by atoms with van der Waals surface area (Å²) < 4.78 is 0. The van der Waals surface area contributed by atoms with E-state index in [1.165, 1.54) is 0 Å². The third-order valence-corrected chi connectivity index (χ3v) is 0.864. The summed E-state index contributed by atoms with van der Waals surface area (Å²) >= 11 is 0. The van der Waals surface area contributed by atoms with E-state index in [0.717, 1.165) is 0 Å². The zero-order valence-electron chi connectivity index (χ0n) is 4.83. The molecule has 3 nitrogen and oxygen atoms in total. The quantitative estimate of drug-likeness (QED) is 0.661. The molecule has 0 amide bonds. The number of amidine groups is 2. The Morgan fingerprint density at radius 2 is 2.33 bits per heavy atom. The second-order valence-electron chi connectivity index (χ2n) is 1.59. The molecule has 0 aromatic heterocycles. The Balaban J connectivity index is 0.000000640. The van der Waals surface area contributed by atoms with Gasteiger partial charge in [-0.25, -0.2) is 4.99 Å². The van der Waals surface area contributed by atoms with Gasteiger partial charge in [0.1, 0.15) is 11.7 Å². The van der Waals surface area contributed by atoms with E-state index in [1.54, 1.807) is 6.08 Å². The first-order chi connectivity index (χ1) is 3.79. The third-order valence-electron chi connectivity index (χ3n) is 0.864. The molecule has 0 aliphatic carbocycles. The van der Waals surface area contributed by atoms with Crippen molar-refractivity contribution in [1.29, 1.82) is 5.41 Å². The van der Waals surface area contributed by atoms with Crippen LogP contribution in [0.3, 0.4) is 0 Å². The van der Waals surface area contributed by atoms with Gasteiger partial charge in [0.2, 0.25) is 0 Å². The van der Waals surface area contributed by atoms with Gasteiger partial charge in [-0.1, -0.05) is 6.08 Å². The average Bonchev–Trinajstić information content (AvgIpc) is 1.64. The minimum absolute atomic E-state index is 0. The van der Waals surface area contributed by atoms with Crippen molar-refractivity contribution >= 4 is 11.7 Å². The number of dihydropyridines is 1. The van der Waals surface area contributed by atoms with Crippen molar-refractivity contribution in [1.82, 2.24) is 0 Å². The molecule has 1 rings (SSSR count). The summed E-state index contributed by atoms with van der Waals surface area (Å²) in [6.45, 7) is 0. The van der Waals surface area contributed by atoms with Crippen molar-refractivity contribution in [2.24, 2.45) is 10.7 Å². The van der Waals surface area contributed by atoms with Crippen molar-refractivity contribution < 1.29 is 22.4 Å². The second kappa shape index (κ2) is 3.61. The Kier molecular flexibility index (Phi) is 3.46. The fourth-order valence-corrected chi connectivity index (χ4v) is 0.530. The van der Waals surface area contributed by atoms with Crippen LogP contribution in [-0.2, 0) is 22.4 Å². The maximum atomic E-state index is 7.00. The molecule has 0 saturated carbocycles. The molecule has 0 saturated heterocycles. The molecular weight excluding hydrogens is 283 g/mol. The van der Waals surface area contributed by atoms with Crippen LogP contribution in [0.2, 0.25) is 0 Å². The number of nitrogens with one attached hydrogen (secondary N) is 1. The predicted octanol–water partition coefficient (Wildman–Crippen LogP) is 0.278. The molecule has 1 aliphatic heterocycles. The Hall–Kier alpha value is -0.380. The summed E-state index contributed by atoms with van der Waals surface area (Å²) in [6.07, 6.45) is 4.14. The number of aliphatic imine (C=N–C) groups is 1. The van der Waals surface area contributed by atoms with Crippen molar-refractivity contribution in [3.63, 3.8) is 0 Å². The van der Waals surface area contributed by atoms with Gasteiger partial charge in [0, 0.05) is 28.8 Å². The zero-order valence-corrected chi connectivity index (χ0v) is 8.05. The summed E-state index contributed by atoms with van der Waals surface area (Å²) in [4.78, 5) is 3.67. The monoisotopic (exact) mass is 290 g/mol. The Labute approximate surface area is 69.1 Å². The van der Waals surface area contributed by atoms with Crippen LogP contribution in [-0.4, -0.2) is 11.7 Å². The van der Waals surface area contributed by atoms with E-state index >= 15 is 0 Å². The molecule has 1 aliphatic rings. The van der Waals surface area contributed by atoms with Gasteiger partial charge in [-0.15, -0.1) is 0 Å². The molecule has 0 unspecified atom stereocenters. The van der Waals surface area contributed by atoms with Crippen molar-refractivity contribution in [3.05, 3.63) is 12.2 Å². The van der Waals surface area contributed by atoms with Crippen LogP contribution in [0.15, 0.2) is 17.1 Å². The van der Waals surface area contributed by atoms with Gasteiger partial charge in [0.05, 0.1) is 0 Å². The topological polar surface area (TPSA) is 62.2 Å². The predicted molar refractivity (Wildman–Crippen MR) is 33.1 cm³/mol. The van der Waals surface area contributed by atoms with Crippen molar-refractivity contribution in [2.75, 3.05) is 0 Å². The van der Waals surface area contributed by atoms with E-state index in [-0.39, 0.29) is 22.4 Å². The van der Waals surface area contributed by atoms with Crippen LogP contribution < -0.4 is 5.73 Å². The second-order valence-corrected chi connectivity index (χ2v) is 1.59. The van der Waals surface area contributed by atoms with Gasteiger partial charge in [0.15, 0.2) is 0 Å². The molecule has 4 heteroatoms. The molecular formula is C5H7N3Ta. The first-order valence-corrected chi connectivity index (χ1v) is 2.37. The first kappa shape index (κ1) is 8.62. The number of hydrogen-bond donors (Lipinski definition) is 2. The number of rotatable bonds is 0. The van der Waals surface area contributed by atoms with Gasteiger partial charge in [-0.05, 0) is 6.08 Å². The third kappa shape index (κ3) is 2.60. The number of nitrogens with two attached hydrogens (primary N) is 1. The summed E-state index contributed by atoms with van der Waals surface area (Å²) in [5.74, 6) is 0.770. The maximum absolute atomic E-state index is 7.00. The molecule has 0 atom stereocenters. The van der Waals surface area contributed by atoms with Gasteiger partial charge in [0.25, 0.3) is 0 Å². The minimum Gasteiger partial charge on any atom is -0.384 e. The Morgan fingerprint density at radius 3 is 2.67 bits per heavy atom. The summed E-state index contributed by atoms with van der Waals surface area (Å²) in [5.41, 5.74) is 5.25. The molecule has 1 radical (unpaired) electrons. The van der Waals surface area contributed by atoms with E-state index in [0.29, 0.717) is 18.1 Å². The van der Waals surface area contributed by atoms with Crippen molar-refractivity contribution in [2.45, 2.75) is 6.42 Å². The Bertz CT molecular complexity index is 171. The molecule has 0 bridgehead atoms. The standard InChI is InChI=1S/C5H7N3.Ta/c6-4-2-1-3-5(7)8-4;/h1-2H,3H2,(H3,6,7,8);. The molecule has 1 heterocycles. The first-order valence-electron chi connectivity index (χ1n) is 2.37. The molecule has 3 N–H and O–H groups in total. The van der Waals surface area contributed by atoms with Crippen LogP contribution in [0.4, 0.5) is 0 Å². The van der Waals surface area contributed by atoms with Gasteiger partial charge in [-0.3, -0.25) is 5.41 Å². The molecule has 0 aromatic carbocycles. The fourth-order valence-electron chi connectivity index (χ4n) is 0.530. The zero-order chi connectivity index (χ0) is 5.98. The Morgan fingerprint density at radius 1 is 1.67 bits per heavy atom. The molecule has 47 valence electrons. The summed E-state index contributed by atoms with van der Waals surface area (Å²) in [6, 6.07) is 0. The number of nitrogens with zero attached hydrogens (tertiary/aromatic N) is 1. The van der Waals surface area contributed by atoms with Gasteiger partial charge < -0.3 is 5.73 Å². The van der Waals surface area contributed by atoms with E-state index in [9.17, 15) is 0 Å². The van der Waals surface area contributed by atoms with E-state index in [2.05, 4.69) is 4.99 Å². The number of hydrogen-bond acceptors (Lipinski definition) is 2. The van der Waals surface area contributed by atoms with Crippen LogP contribution in [0, 0.1) is 5.41 Å². The summed E-state index contributed by atoms with van der Waals surface area (Å²) in [5, 5.41) is 7.00. The van der Waals surface area contributed by atoms with Crippen LogP contribution in [0.25, 0.3) is 0 Å². The SMILES string of the molecule is N=C1CC=CC(N)=N1.[Ta]. The van der Waals surface area contributed by atoms with Crippen LogP contribution >= 0.6 is 0 Å². The molecule has 0 fully saturated rings. The van der Waals surface area contributed by atoms with E-state index < -0.39 is 0 Å². The fraction of sp³-hybridized carbons (Fsp3) is 0.200. The van der Waals surface area contributed by atoms with Crippen molar-refractivity contribution in [3.8, 4) is 0 Å². The van der Waals surface area contributed by atoms with Gasteiger partial charge >= 0.3 is 0 Å². The molecule has 0 aromatic rings. The van der Waals surface area contributed by atoms with Crippen LogP contribution in [0.1, 0.15) is 6.42 Å². The largest absolute Gasteiger partial charge is 0.384 e. The maximum Gasteiger partial charge on any atom is 0.126 e. The minimum atomic E-state index is 0. The van der Waals surface area contributed by atoms with Crippen LogP contribution in [0.5, 0.6) is 0 Å². The average molecular weight is 290 g/mol. The van der Waals surface area contributed by atoms with E-state index in [1.807, 2.05) is 6.08 Å². The normalized spacial score (nSPS) is 16.4. The van der Waals surface area contributed by atoms with E-state index in [4.69, 9.17) is 11.1 Å². The molecule has 0 spiro atoms.